The maximum Gasteiger partial charge on any atom is 0.195 e. The third kappa shape index (κ3) is 5.41. The molecule has 0 saturated carbocycles. The first-order chi connectivity index (χ1) is 22.5. The van der Waals surface area contributed by atoms with Gasteiger partial charge in [0.15, 0.2) is 17.5 Å². The highest BCUT2D eigenvalue weighted by Gasteiger charge is 2.28. The molecule has 0 bridgehead atoms. The minimum atomic E-state index is -1.77. The molecule has 4 heterocycles. The van der Waals surface area contributed by atoms with Crippen molar-refractivity contribution in [3.8, 4) is 66.8 Å². The molecule has 0 saturated heterocycles. The first-order valence-electron chi connectivity index (χ1n) is 14.3. The summed E-state index contributed by atoms with van der Waals surface area (Å²) < 4.78 is 63.9. The molecule has 0 radical (unpaired) electrons. The Balaban J connectivity index is 1.49. The Kier molecular flexibility index (Phi) is 7.60. The van der Waals surface area contributed by atoms with Gasteiger partial charge in [-0.25, -0.2) is 17.6 Å². The van der Waals surface area contributed by atoms with E-state index in [9.17, 15) is 0 Å². The first-order valence-corrected chi connectivity index (χ1v) is 14.3. The zero-order chi connectivity index (χ0) is 31.6. The predicted octanol–water partition coefficient (Wildman–Crippen LogP) is 9.82. The SMILES string of the molecule is Fc1c(F)c(-c2cc(-c3ccncc3)cc(-c3ccncc3)c2)c(F)c(-c2cc(-c3ccncc3)cc(-c3ccncc3)c2)c1F. The smallest absolute Gasteiger partial charge is 0.195 e. The lowest BCUT2D eigenvalue weighted by Crippen LogP contribution is -2.04. The zero-order valence-corrected chi connectivity index (χ0v) is 24.0. The van der Waals surface area contributed by atoms with Crippen molar-refractivity contribution in [2.45, 2.75) is 0 Å². The number of pyridine rings is 4. The summed E-state index contributed by atoms with van der Waals surface area (Å²) in [6.45, 7) is 0. The maximum atomic E-state index is 16.8. The Morgan fingerprint density at radius 1 is 0.261 bits per heavy atom. The molecule has 0 unspecified atom stereocenters. The molecular weight excluding hydrogens is 588 g/mol. The second-order valence-corrected chi connectivity index (χ2v) is 10.5. The molecule has 46 heavy (non-hydrogen) atoms. The number of aromatic nitrogens is 4. The van der Waals surface area contributed by atoms with Crippen molar-refractivity contribution in [3.05, 3.63) is 158 Å². The molecule has 0 amide bonds. The Hall–Kier alpha value is -6.02. The van der Waals surface area contributed by atoms with E-state index in [1.54, 1.807) is 122 Å². The summed E-state index contributed by atoms with van der Waals surface area (Å²) in [5.41, 5.74) is 4.05. The minimum Gasteiger partial charge on any atom is -0.265 e. The number of nitrogens with zero attached hydrogens (tertiary/aromatic N) is 4. The van der Waals surface area contributed by atoms with Crippen LogP contribution in [0.5, 0.6) is 0 Å². The van der Waals surface area contributed by atoms with E-state index < -0.39 is 34.4 Å². The number of hydrogen-bond donors (Lipinski definition) is 0. The van der Waals surface area contributed by atoms with E-state index in [2.05, 4.69) is 19.9 Å². The van der Waals surface area contributed by atoms with Crippen molar-refractivity contribution in [1.29, 1.82) is 0 Å². The molecular formula is C38H22F4N4. The van der Waals surface area contributed by atoms with Crippen LogP contribution in [0.25, 0.3) is 66.8 Å². The quantitative estimate of drug-likeness (QED) is 0.107. The summed E-state index contributed by atoms with van der Waals surface area (Å²) in [7, 11) is 0. The average molecular weight is 611 g/mol. The standard InChI is InChI=1S/C38H22F4N4/c39-35-33(31-19-27(23-1-9-43-10-2-23)17-28(20-31)24-3-11-44-12-4-24)36(40)38(42)37(41)34(35)32-21-29(25-5-13-45-14-6-25)18-30(22-32)26-7-15-46-16-8-26/h1-22H. The van der Waals surface area contributed by atoms with Crippen LogP contribution in [-0.2, 0) is 0 Å². The summed E-state index contributed by atoms with van der Waals surface area (Å²) in [6, 6.07) is 24.0. The molecule has 0 aliphatic rings. The van der Waals surface area contributed by atoms with Crippen molar-refractivity contribution in [1.82, 2.24) is 19.9 Å². The fraction of sp³-hybridized carbons (Fsp3) is 0. The molecule has 4 aromatic heterocycles. The number of hydrogen-bond acceptors (Lipinski definition) is 4. The Morgan fingerprint density at radius 3 is 0.761 bits per heavy atom. The average Bonchev–Trinajstić information content (AvgIpc) is 3.12. The van der Waals surface area contributed by atoms with E-state index in [0.29, 0.717) is 22.3 Å². The number of rotatable bonds is 6. The van der Waals surface area contributed by atoms with Gasteiger partial charge in [-0.2, -0.15) is 0 Å². The molecule has 7 rings (SSSR count). The van der Waals surface area contributed by atoms with Gasteiger partial charge in [0, 0.05) is 49.6 Å². The zero-order valence-electron chi connectivity index (χ0n) is 24.0. The van der Waals surface area contributed by atoms with Gasteiger partial charge in [-0.05, 0) is 141 Å². The van der Waals surface area contributed by atoms with Gasteiger partial charge in [0.25, 0.3) is 0 Å². The molecule has 7 aromatic rings. The van der Waals surface area contributed by atoms with Crippen molar-refractivity contribution in [2.75, 3.05) is 0 Å². The Bertz CT molecular complexity index is 1910. The van der Waals surface area contributed by atoms with Crippen LogP contribution in [0, 0.1) is 23.3 Å². The van der Waals surface area contributed by atoms with Crippen LogP contribution in [-0.4, -0.2) is 19.9 Å². The van der Waals surface area contributed by atoms with E-state index in [-0.39, 0.29) is 11.1 Å². The summed E-state index contributed by atoms with van der Waals surface area (Å²) >= 11 is 0. The number of benzene rings is 3. The van der Waals surface area contributed by atoms with Crippen molar-refractivity contribution < 1.29 is 17.6 Å². The highest BCUT2D eigenvalue weighted by molar-refractivity contribution is 5.86. The molecule has 4 nitrogen and oxygen atoms in total. The fourth-order valence-electron chi connectivity index (χ4n) is 5.53. The second kappa shape index (κ2) is 12.2. The van der Waals surface area contributed by atoms with Crippen molar-refractivity contribution in [2.24, 2.45) is 0 Å². The number of halogens is 4. The van der Waals surface area contributed by atoms with Gasteiger partial charge in [-0.3, -0.25) is 19.9 Å². The highest BCUT2D eigenvalue weighted by atomic mass is 19.2. The van der Waals surface area contributed by atoms with Gasteiger partial charge in [0.05, 0.1) is 11.1 Å². The van der Waals surface area contributed by atoms with Crippen LogP contribution in [0.4, 0.5) is 17.6 Å². The third-order valence-electron chi connectivity index (χ3n) is 7.76. The lowest BCUT2D eigenvalue weighted by atomic mass is 9.89. The first kappa shape index (κ1) is 28.7. The van der Waals surface area contributed by atoms with Crippen LogP contribution < -0.4 is 0 Å². The topological polar surface area (TPSA) is 51.6 Å². The summed E-state index contributed by atoms with van der Waals surface area (Å²) in [5.74, 6) is -6.24. The molecule has 8 heteroatoms. The highest BCUT2D eigenvalue weighted by Crippen LogP contribution is 2.42. The van der Waals surface area contributed by atoms with E-state index in [4.69, 9.17) is 0 Å². The van der Waals surface area contributed by atoms with Crippen LogP contribution in [0.15, 0.2) is 135 Å². The predicted molar refractivity (Wildman–Crippen MR) is 170 cm³/mol. The van der Waals surface area contributed by atoms with Gasteiger partial charge >= 0.3 is 0 Å². The summed E-state index contributed by atoms with van der Waals surface area (Å²) in [4.78, 5) is 16.2. The van der Waals surface area contributed by atoms with Crippen LogP contribution in [0.3, 0.4) is 0 Å². The van der Waals surface area contributed by atoms with Crippen molar-refractivity contribution >= 4 is 0 Å². The third-order valence-corrected chi connectivity index (χ3v) is 7.76. The molecule has 222 valence electrons. The lowest BCUT2D eigenvalue weighted by Gasteiger charge is -2.17. The van der Waals surface area contributed by atoms with E-state index in [1.807, 2.05) is 12.1 Å². The van der Waals surface area contributed by atoms with Gasteiger partial charge < -0.3 is 0 Å². The molecule has 0 aliphatic carbocycles. The molecule has 0 fully saturated rings. The van der Waals surface area contributed by atoms with E-state index in [1.165, 1.54) is 0 Å². The maximum absolute atomic E-state index is 16.8. The molecule has 0 aliphatic heterocycles. The van der Waals surface area contributed by atoms with Crippen LogP contribution in [0.1, 0.15) is 0 Å². The lowest BCUT2D eigenvalue weighted by molar-refractivity contribution is 0.440. The fourth-order valence-corrected chi connectivity index (χ4v) is 5.53. The largest absolute Gasteiger partial charge is 0.265 e. The minimum absolute atomic E-state index is 0.0379. The Labute approximate surface area is 261 Å². The van der Waals surface area contributed by atoms with E-state index in [0.717, 1.165) is 22.3 Å². The van der Waals surface area contributed by atoms with Crippen LogP contribution >= 0.6 is 0 Å². The van der Waals surface area contributed by atoms with Crippen molar-refractivity contribution in [3.63, 3.8) is 0 Å². The van der Waals surface area contributed by atoms with E-state index >= 15 is 17.6 Å². The van der Waals surface area contributed by atoms with Gasteiger partial charge in [-0.1, -0.05) is 0 Å². The van der Waals surface area contributed by atoms with Gasteiger partial charge in [-0.15, -0.1) is 0 Å². The Morgan fingerprint density at radius 2 is 0.500 bits per heavy atom. The van der Waals surface area contributed by atoms with Gasteiger partial charge in [0.2, 0.25) is 0 Å². The molecule has 0 N–H and O–H groups in total. The summed E-state index contributed by atoms with van der Waals surface area (Å²) in [6.07, 6.45) is 12.8. The van der Waals surface area contributed by atoms with Gasteiger partial charge in [0.1, 0.15) is 5.82 Å². The normalized spacial score (nSPS) is 11.0. The summed E-state index contributed by atoms with van der Waals surface area (Å²) in [5, 5.41) is 0. The molecule has 0 atom stereocenters. The monoisotopic (exact) mass is 610 g/mol. The second-order valence-electron chi connectivity index (χ2n) is 10.5. The molecule has 0 spiro atoms. The van der Waals surface area contributed by atoms with Crippen LogP contribution in [0.2, 0.25) is 0 Å². The molecule has 3 aromatic carbocycles.